The van der Waals surface area contributed by atoms with E-state index in [9.17, 15) is 9.59 Å². The second-order valence-corrected chi connectivity index (χ2v) is 5.74. The lowest BCUT2D eigenvalue weighted by molar-refractivity contribution is 0.0772. The Morgan fingerprint density at radius 1 is 0.958 bits per heavy atom. The van der Waals surface area contributed by atoms with Crippen LogP contribution >= 0.6 is 11.6 Å². The van der Waals surface area contributed by atoms with Gasteiger partial charge in [-0.2, -0.15) is 0 Å². The van der Waals surface area contributed by atoms with Crippen LogP contribution in [-0.4, -0.2) is 29.8 Å². The summed E-state index contributed by atoms with van der Waals surface area (Å²) in [5.74, 6) is -0.222. The third-order valence-corrected chi connectivity index (χ3v) is 4.21. The first-order chi connectivity index (χ1) is 11.6. The molecule has 2 aromatic carbocycles. The molecule has 0 atom stereocenters. The first-order valence-electron chi connectivity index (χ1n) is 7.97. The summed E-state index contributed by atoms with van der Waals surface area (Å²) in [6, 6.07) is 14.1. The molecule has 0 bridgehead atoms. The maximum absolute atomic E-state index is 12.2. The van der Waals surface area contributed by atoms with Gasteiger partial charge < -0.3 is 10.2 Å². The zero-order valence-electron chi connectivity index (χ0n) is 13.9. The Labute approximate surface area is 147 Å². The molecule has 2 amide bonds. The van der Waals surface area contributed by atoms with Gasteiger partial charge in [0.25, 0.3) is 11.8 Å². The van der Waals surface area contributed by atoms with E-state index < -0.39 is 0 Å². The highest BCUT2D eigenvalue weighted by molar-refractivity contribution is 6.31. The van der Waals surface area contributed by atoms with Crippen LogP contribution in [0.4, 0.5) is 0 Å². The maximum Gasteiger partial charge on any atom is 0.253 e. The number of rotatable bonds is 6. The molecule has 4 nitrogen and oxygen atoms in total. The zero-order valence-corrected chi connectivity index (χ0v) is 14.6. The zero-order chi connectivity index (χ0) is 17.5. The molecule has 0 spiro atoms. The monoisotopic (exact) mass is 344 g/mol. The van der Waals surface area contributed by atoms with Crippen molar-refractivity contribution in [3.63, 3.8) is 0 Å². The van der Waals surface area contributed by atoms with E-state index in [2.05, 4.69) is 5.32 Å². The van der Waals surface area contributed by atoms with Crippen molar-refractivity contribution in [3.05, 3.63) is 70.2 Å². The summed E-state index contributed by atoms with van der Waals surface area (Å²) < 4.78 is 0. The molecule has 0 aliphatic rings. The van der Waals surface area contributed by atoms with Gasteiger partial charge in [0.2, 0.25) is 0 Å². The molecule has 0 saturated heterocycles. The Kier molecular flexibility index (Phi) is 6.38. The van der Waals surface area contributed by atoms with E-state index in [-0.39, 0.29) is 11.8 Å². The smallest absolute Gasteiger partial charge is 0.253 e. The average Bonchev–Trinajstić information content (AvgIpc) is 2.62. The third-order valence-electron chi connectivity index (χ3n) is 3.84. The van der Waals surface area contributed by atoms with E-state index >= 15 is 0 Å². The molecule has 5 heteroatoms. The Hall–Kier alpha value is -2.33. The van der Waals surface area contributed by atoms with E-state index in [1.165, 1.54) is 0 Å². The number of halogens is 1. The van der Waals surface area contributed by atoms with Gasteiger partial charge in [0, 0.05) is 35.8 Å². The van der Waals surface area contributed by atoms with Gasteiger partial charge in [-0.05, 0) is 49.7 Å². The first-order valence-corrected chi connectivity index (χ1v) is 8.35. The predicted octanol–water partition coefficient (Wildman–Crippen LogP) is 3.75. The SMILES string of the molecule is CCN(CC)C(=O)c1ccc(C(=O)NCc2ccccc2Cl)cc1. The molecule has 0 aliphatic carbocycles. The number of nitrogens with one attached hydrogen (secondary N) is 1. The summed E-state index contributed by atoms with van der Waals surface area (Å²) in [4.78, 5) is 26.2. The normalized spacial score (nSPS) is 10.3. The highest BCUT2D eigenvalue weighted by atomic mass is 35.5. The second kappa shape index (κ2) is 8.50. The molecule has 0 saturated carbocycles. The van der Waals surface area contributed by atoms with E-state index in [1.54, 1.807) is 35.2 Å². The predicted molar refractivity (Wildman–Crippen MR) is 96.3 cm³/mol. The van der Waals surface area contributed by atoms with Gasteiger partial charge in [0.15, 0.2) is 0 Å². The van der Waals surface area contributed by atoms with Crippen molar-refractivity contribution in [1.29, 1.82) is 0 Å². The molecule has 2 rings (SSSR count). The van der Waals surface area contributed by atoms with E-state index in [1.807, 2.05) is 32.0 Å². The fourth-order valence-electron chi connectivity index (χ4n) is 2.38. The highest BCUT2D eigenvalue weighted by Gasteiger charge is 2.13. The highest BCUT2D eigenvalue weighted by Crippen LogP contribution is 2.15. The van der Waals surface area contributed by atoms with E-state index in [0.29, 0.717) is 35.8 Å². The minimum absolute atomic E-state index is 0.0250. The quantitative estimate of drug-likeness (QED) is 0.867. The number of carbonyl (C=O) groups is 2. The third kappa shape index (κ3) is 4.36. The van der Waals surface area contributed by atoms with Crippen LogP contribution in [0.2, 0.25) is 5.02 Å². The van der Waals surface area contributed by atoms with Crippen LogP contribution in [0.15, 0.2) is 48.5 Å². The van der Waals surface area contributed by atoms with Gasteiger partial charge in [-0.1, -0.05) is 29.8 Å². The van der Waals surface area contributed by atoms with Crippen molar-refractivity contribution in [3.8, 4) is 0 Å². The van der Waals surface area contributed by atoms with Crippen molar-refractivity contribution in [2.45, 2.75) is 20.4 Å². The lowest BCUT2D eigenvalue weighted by Crippen LogP contribution is -2.30. The topological polar surface area (TPSA) is 49.4 Å². The van der Waals surface area contributed by atoms with Gasteiger partial charge >= 0.3 is 0 Å². The number of hydrogen-bond donors (Lipinski definition) is 1. The summed E-state index contributed by atoms with van der Waals surface area (Å²) >= 11 is 6.07. The molecule has 0 fully saturated rings. The van der Waals surface area contributed by atoms with E-state index in [0.717, 1.165) is 5.56 Å². The van der Waals surface area contributed by atoms with Crippen LogP contribution < -0.4 is 5.32 Å². The Balaban J connectivity index is 2.01. The second-order valence-electron chi connectivity index (χ2n) is 5.33. The van der Waals surface area contributed by atoms with Crippen LogP contribution in [-0.2, 0) is 6.54 Å². The maximum atomic E-state index is 12.2. The molecule has 24 heavy (non-hydrogen) atoms. The fourth-order valence-corrected chi connectivity index (χ4v) is 2.58. The number of nitrogens with zero attached hydrogens (tertiary/aromatic N) is 1. The Morgan fingerprint density at radius 3 is 2.12 bits per heavy atom. The van der Waals surface area contributed by atoms with Gasteiger partial charge in [0.05, 0.1) is 0 Å². The fraction of sp³-hybridized carbons (Fsp3) is 0.263. The van der Waals surface area contributed by atoms with Crippen LogP contribution in [0.3, 0.4) is 0 Å². The molecule has 126 valence electrons. The van der Waals surface area contributed by atoms with Crippen LogP contribution in [0.1, 0.15) is 40.1 Å². The summed E-state index contributed by atoms with van der Waals surface area (Å²) in [7, 11) is 0. The molecule has 0 aliphatic heterocycles. The molecular weight excluding hydrogens is 324 g/mol. The van der Waals surface area contributed by atoms with Crippen LogP contribution in [0.5, 0.6) is 0 Å². The van der Waals surface area contributed by atoms with Gasteiger partial charge in [-0.25, -0.2) is 0 Å². The van der Waals surface area contributed by atoms with E-state index in [4.69, 9.17) is 11.6 Å². The summed E-state index contributed by atoms with van der Waals surface area (Å²) in [6.45, 7) is 5.57. The first kappa shape index (κ1) is 18.0. The number of amides is 2. The molecule has 0 unspecified atom stereocenters. The molecule has 0 heterocycles. The van der Waals surface area contributed by atoms with Crippen molar-refractivity contribution in [2.75, 3.05) is 13.1 Å². The van der Waals surface area contributed by atoms with Gasteiger partial charge in [0.1, 0.15) is 0 Å². The molecule has 2 aromatic rings. The lowest BCUT2D eigenvalue weighted by atomic mass is 10.1. The van der Waals surface area contributed by atoms with Crippen molar-refractivity contribution >= 4 is 23.4 Å². The minimum Gasteiger partial charge on any atom is -0.348 e. The lowest BCUT2D eigenvalue weighted by Gasteiger charge is -2.18. The van der Waals surface area contributed by atoms with Crippen molar-refractivity contribution < 1.29 is 9.59 Å². The number of carbonyl (C=O) groups excluding carboxylic acids is 2. The molecule has 0 aromatic heterocycles. The van der Waals surface area contributed by atoms with Gasteiger partial charge in [-0.3, -0.25) is 9.59 Å². The minimum atomic E-state index is -0.197. The average molecular weight is 345 g/mol. The summed E-state index contributed by atoms with van der Waals surface area (Å²) in [6.07, 6.45) is 0. The number of hydrogen-bond acceptors (Lipinski definition) is 2. The number of benzene rings is 2. The van der Waals surface area contributed by atoms with Gasteiger partial charge in [-0.15, -0.1) is 0 Å². The van der Waals surface area contributed by atoms with Crippen LogP contribution in [0.25, 0.3) is 0 Å². The molecule has 1 N–H and O–H groups in total. The van der Waals surface area contributed by atoms with Crippen LogP contribution in [0, 0.1) is 0 Å². The summed E-state index contributed by atoms with van der Waals surface area (Å²) in [5.41, 5.74) is 1.96. The van der Waals surface area contributed by atoms with Crippen molar-refractivity contribution in [2.24, 2.45) is 0 Å². The summed E-state index contributed by atoms with van der Waals surface area (Å²) in [5, 5.41) is 3.45. The standard InChI is InChI=1S/C19H21ClN2O2/c1-3-22(4-2)19(24)15-11-9-14(10-12-15)18(23)21-13-16-7-5-6-8-17(16)20/h5-12H,3-4,13H2,1-2H3,(H,21,23). The molecular formula is C19H21ClN2O2. The molecule has 0 radical (unpaired) electrons. The Bertz CT molecular complexity index is 710. The largest absolute Gasteiger partial charge is 0.348 e. The van der Waals surface area contributed by atoms with Crippen molar-refractivity contribution in [1.82, 2.24) is 10.2 Å². The Morgan fingerprint density at radius 2 is 1.54 bits per heavy atom.